The van der Waals surface area contributed by atoms with Crippen molar-refractivity contribution < 1.29 is 14.3 Å². The molecule has 1 aliphatic heterocycles. The van der Waals surface area contributed by atoms with Crippen LogP contribution in [-0.4, -0.2) is 21.9 Å². The summed E-state index contributed by atoms with van der Waals surface area (Å²) in [6, 6.07) is 6.91. The van der Waals surface area contributed by atoms with Gasteiger partial charge in [0.05, 0.1) is 5.56 Å². The second kappa shape index (κ2) is 3.04. The van der Waals surface area contributed by atoms with Crippen LogP contribution in [0.15, 0.2) is 24.3 Å². The first-order valence-electron chi connectivity index (χ1n) is 4.61. The molecule has 1 aromatic rings. The van der Waals surface area contributed by atoms with Crippen molar-refractivity contribution in [3.63, 3.8) is 0 Å². The number of hydrogen-bond acceptors (Lipinski definition) is 2. The molecule has 0 spiro atoms. The summed E-state index contributed by atoms with van der Waals surface area (Å²) in [5, 5.41) is 0. The summed E-state index contributed by atoms with van der Waals surface area (Å²) in [4.78, 5) is 14.9. The van der Waals surface area contributed by atoms with Crippen molar-refractivity contribution in [1.29, 1.82) is 0 Å². The fourth-order valence-corrected chi connectivity index (χ4v) is 1.63. The van der Waals surface area contributed by atoms with Crippen LogP contribution >= 0.6 is 0 Å². The van der Waals surface area contributed by atoms with E-state index in [1.807, 2.05) is 0 Å². The lowest BCUT2D eigenvalue weighted by atomic mass is 9.91. The minimum absolute atomic E-state index is 0.0289. The SMILES string of the molecule is CC1(C)Oc2ccccc2C(=O)C1=[N+]=[N-]. The lowest BCUT2D eigenvalue weighted by molar-refractivity contribution is -0.0307. The van der Waals surface area contributed by atoms with Gasteiger partial charge in [0.15, 0.2) is 0 Å². The van der Waals surface area contributed by atoms with Crippen molar-refractivity contribution >= 4 is 11.5 Å². The zero-order valence-corrected chi connectivity index (χ0v) is 8.52. The topological polar surface area (TPSA) is 62.7 Å². The molecule has 0 aromatic heterocycles. The number of benzene rings is 1. The highest BCUT2D eigenvalue weighted by Gasteiger charge is 2.46. The van der Waals surface area contributed by atoms with Crippen LogP contribution in [0.1, 0.15) is 24.2 Å². The van der Waals surface area contributed by atoms with Gasteiger partial charge in [0.2, 0.25) is 5.60 Å². The number of fused-ring (bicyclic) bond motifs is 1. The Kier molecular flexibility index (Phi) is 1.95. The highest BCUT2D eigenvalue weighted by molar-refractivity contribution is 6.47. The van der Waals surface area contributed by atoms with Crippen molar-refractivity contribution in [1.82, 2.24) is 0 Å². The fourth-order valence-electron chi connectivity index (χ4n) is 1.63. The first-order valence-corrected chi connectivity index (χ1v) is 4.61. The first-order chi connectivity index (χ1) is 7.06. The third-order valence-electron chi connectivity index (χ3n) is 2.38. The average Bonchev–Trinajstić information content (AvgIpc) is 2.17. The first kappa shape index (κ1) is 9.62. The maximum Gasteiger partial charge on any atom is 0.381 e. The molecule has 15 heavy (non-hydrogen) atoms. The number of carbonyl (C=O) groups is 1. The summed E-state index contributed by atoms with van der Waals surface area (Å²) in [5.74, 6) is 0.240. The van der Waals surface area contributed by atoms with Crippen LogP contribution in [0.2, 0.25) is 0 Å². The number of Topliss-reactive ketones (excluding diaryl/α,β-unsaturated/α-hetero) is 1. The van der Waals surface area contributed by atoms with E-state index in [-0.39, 0.29) is 11.5 Å². The van der Waals surface area contributed by atoms with E-state index < -0.39 is 5.60 Å². The van der Waals surface area contributed by atoms with Gasteiger partial charge in [-0.1, -0.05) is 12.1 Å². The number of rotatable bonds is 0. The molecular weight excluding hydrogens is 192 g/mol. The van der Waals surface area contributed by atoms with E-state index in [9.17, 15) is 4.79 Å². The third kappa shape index (κ3) is 1.35. The van der Waals surface area contributed by atoms with E-state index in [0.717, 1.165) is 0 Å². The van der Waals surface area contributed by atoms with Crippen LogP contribution < -0.4 is 4.74 Å². The quantitative estimate of drug-likeness (QED) is 0.475. The molecule has 0 bridgehead atoms. The van der Waals surface area contributed by atoms with Gasteiger partial charge in [-0.3, -0.25) is 4.79 Å². The Bertz CT molecular complexity index is 485. The molecule has 0 N–H and O–H groups in total. The molecule has 0 aliphatic carbocycles. The molecule has 0 amide bonds. The lowest BCUT2D eigenvalue weighted by Gasteiger charge is -2.26. The Morgan fingerprint density at radius 2 is 2.00 bits per heavy atom. The van der Waals surface area contributed by atoms with Crippen molar-refractivity contribution in [2.45, 2.75) is 19.4 Å². The Morgan fingerprint density at radius 1 is 1.33 bits per heavy atom. The normalized spacial score (nSPS) is 17.7. The summed E-state index contributed by atoms with van der Waals surface area (Å²) in [6.07, 6.45) is 0. The number of nitrogens with zero attached hydrogens (tertiary/aromatic N) is 2. The highest BCUT2D eigenvalue weighted by Crippen LogP contribution is 2.30. The third-order valence-corrected chi connectivity index (χ3v) is 2.38. The zero-order chi connectivity index (χ0) is 11.1. The number of carbonyl (C=O) groups excluding carboxylic acids is 1. The maximum absolute atomic E-state index is 11.9. The van der Waals surface area contributed by atoms with Gasteiger partial charge >= 0.3 is 5.71 Å². The largest absolute Gasteiger partial charge is 0.475 e. The van der Waals surface area contributed by atoms with E-state index in [1.165, 1.54) is 0 Å². The molecule has 0 saturated heterocycles. The van der Waals surface area contributed by atoms with E-state index in [0.29, 0.717) is 11.3 Å². The number of ketones is 1. The summed E-state index contributed by atoms with van der Waals surface area (Å²) < 4.78 is 5.58. The Labute approximate surface area is 87.1 Å². The Hall–Kier alpha value is -1.93. The molecule has 1 aromatic carbocycles. The fraction of sp³-hybridized carbons (Fsp3) is 0.273. The summed E-state index contributed by atoms with van der Waals surface area (Å²) in [5.41, 5.74) is 8.38. The second-order valence-corrected chi connectivity index (χ2v) is 3.89. The minimum atomic E-state index is -0.889. The molecule has 0 saturated carbocycles. The van der Waals surface area contributed by atoms with Gasteiger partial charge in [0.25, 0.3) is 5.78 Å². The van der Waals surface area contributed by atoms with Crippen LogP contribution in [0.5, 0.6) is 5.75 Å². The Morgan fingerprint density at radius 3 is 2.67 bits per heavy atom. The van der Waals surface area contributed by atoms with Crippen LogP contribution in [0.25, 0.3) is 5.53 Å². The molecular formula is C11H10N2O2. The standard InChI is InChI=1S/C11H10N2O2/c1-11(2)10(13-12)9(14)7-5-3-4-6-8(7)15-11/h3-6H,1-2H3. The number of para-hydroxylation sites is 1. The van der Waals surface area contributed by atoms with E-state index in [2.05, 4.69) is 4.79 Å². The molecule has 76 valence electrons. The number of ether oxygens (including phenoxy) is 1. The lowest BCUT2D eigenvalue weighted by Crippen LogP contribution is -2.47. The zero-order valence-electron chi connectivity index (χ0n) is 8.52. The molecule has 1 aliphatic rings. The molecule has 0 radical (unpaired) electrons. The molecule has 0 unspecified atom stereocenters. The highest BCUT2D eigenvalue weighted by atomic mass is 16.5. The van der Waals surface area contributed by atoms with Gasteiger partial charge in [0, 0.05) is 0 Å². The molecule has 2 rings (SSSR count). The second-order valence-electron chi connectivity index (χ2n) is 3.89. The van der Waals surface area contributed by atoms with E-state index in [1.54, 1.807) is 38.1 Å². The van der Waals surface area contributed by atoms with Crippen LogP contribution in [0, 0.1) is 0 Å². The van der Waals surface area contributed by atoms with Crippen LogP contribution in [0.3, 0.4) is 0 Å². The average molecular weight is 202 g/mol. The van der Waals surface area contributed by atoms with Crippen molar-refractivity contribution in [3.05, 3.63) is 35.4 Å². The summed E-state index contributed by atoms with van der Waals surface area (Å²) in [7, 11) is 0. The van der Waals surface area contributed by atoms with Crippen molar-refractivity contribution in [3.8, 4) is 5.75 Å². The molecule has 4 heteroatoms. The van der Waals surface area contributed by atoms with Gasteiger partial charge in [-0.25, -0.2) is 0 Å². The Balaban J connectivity index is 2.66. The molecule has 4 nitrogen and oxygen atoms in total. The summed E-state index contributed by atoms with van der Waals surface area (Å²) >= 11 is 0. The maximum atomic E-state index is 11.9. The van der Waals surface area contributed by atoms with Gasteiger partial charge in [0.1, 0.15) is 5.75 Å². The minimum Gasteiger partial charge on any atom is -0.475 e. The monoisotopic (exact) mass is 202 g/mol. The van der Waals surface area contributed by atoms with Crippen molar-refractivity contribution in [2.24, 2.45) is 0 Å². The van der Waals surface area contributed by atoms with Crippen LogP contribution in [0.4, 0.5) is 0 Å². The van der Waals surface area contributed by atoms with Gasteiger partial charge in [-0.05, 0) is 26.0 Å². The van der Waals surface area contributed by atoms with Crippen molar-refractivity contribution in [2.75, 3.05) is 0 Å². The predicted octanol–water partition coefficient (Wildman–Crippen LogP) is 1.71. The van der Waals surface area contributed by atoms with Gasteiger partial charge < -0.3 is 10.3 Å². The summed E-state index contributed by atoms with van der Waals surface area (Å²) in [6.45, 7) is 3.38. The predicted molar refractivity (Wildman–Crippen MR) is 54.1 cm³/mol. The van der Waals surface area contributed by atoms with Gasteiger partial charge in [-0.15, -0.1) is 0 Å². The molecule has 0 fully saturated rings. The van der Waals surface area contributed by atoms with Gasteiger partial charge in [-0.2, -0.15) is 4.79 Å². The van der Waals surface area contributed by atoms with E-state index >= 15 is 0 Å². The molecule has 0 atom stereocenters. The van der Waals surface area contributed by atoms with Crippen LogP contribution in [-0.2, 0) is 0 Å². The molecule has 1 heterocycles. The number of hydrogen-bond donors (Lipinski definition) is 0. The van der Waals surface area contributed by atoms with E-state index in [4.69, 9.17) is 10.3 Å². The smallest absolute Gasteiger partial charge is 0.381 e.